The summed E-state index contributed by atoms with van der Waals surface area (Å²) >= 11 is 0. The van der Waals surface area contributed by atoms with Gasteiger partial charge in [0.25, 0.3) is 0 Å². The third-order valence-electron chi connectivity index (χ3n) is 2.51. The Labute approximate surface area is 76.5 Å². The lowest BCUT2D eigenvalue weighted by molar-refractivity contribution is 0.0424. The van der Waals surface area contributed by atoms with E-state index >= 15 is 0 Å². The van der Waals surface area contributed by atoms with E-state index in [0.29, 0.717) is 11.5 Å². The van der Waals surface area contributed by atoms with Gasteiger partial charge in [0.15, 0.2) is 0 Å². The molecule has 1 nitrogen and oxygen atoms in total. The third kappa shape index (κ3) is 4.10. The number of rotatable bonds is 3. The minimum absolute atomic E-state index is 0.429. The van der Waals surface area contributed by atoms with Gasteiger partial charge in [-0.2, -0.15) is 0 Å². The molecule has 0 aromatic rings. The van der Waals surface area contributed by atoms with Crippen LogP contribution in [0.15, 0.2) is 0 Å². The Morgan fingerprint density at radius 2 is 1.75 bits per heavy atom. The van der Waals surface area contributed by atoms with Gasteiger partial charge in [0.1, 0.15) is 0 Å². The Bertz CT molecular complexity index is 117. The van der Waals surface area contributed by atoms with Gasteiger partial charge in [-0.3, -0.25) is 0 Å². The summed E-state index contributed by atoms with van der Waals surface area (Å²) in [7, 11) is 0. The maximum Gasteiger partial charge on any atom is 0.0575 e. The van der Waals surface area contributed by atoms with Gasteiger partial charge < -0.3 is 4.74 Å². The molecule has 0 saturated heterocycles. The minimum atomic E-state index is 0.429. The smallest absolute Gasteiger partial charge is 0.0575 e. The van der Waals surface area contributed by atoms with Crippen molar-refractivity contribution in [2.45, 2.75) is 59.0 Å². The molecule has 72 valence electrons. The molecule has 1 aliphatic carbocycles. The van der Waals surface area contributed by atoms with Crippen molar-refractivity contribution in [3.8, 4) is 0 Å². The van der Waals surface area contributed by atoms with Gasteiger partial charge >= 0.3 is 0 Å². The maximum atomic E-state index is 5.78. The summed E-state index contributed by atoms with van der Waals surface area (Å²) in [5.74, 6) is 0. The summed E-state index contributed by atoms with van der Waals surface area (Å²) in [4.78, 5) is 0. The fraction of sp³-hybridized carbons (Fsp3) is 1.00. The first kappa shape index (κ1) is 10.0. The van der Waals surface area contributed by atoms with E-state index in [1.807, 2.05) is 0 Å². The quantitative estimate of drug-likeness (QED) is 0.631. The first-order valence-corrected chi connectivity index (χ1v) is 5.19. The Morgan fingerprint density at radius 1 is 1.17 bits per heavy atom. The largest absolute Gasteiger partial charge is 0.378 e. The van der Waals surface area contributed by atoms with Gasteiger partial charge in [0.05, 0.1) is 6.10 Å². The molecule has 0 radical (unpaired) electrons. The van der Waals surface area contributed by atoms with Crippen LogP contribution in [-0.2, 0) is 4.74 Å². The highest BCUT2D eigenvalue weighted by molar-refractivity contribution is 4.67. The average molecular weight is 170 g/mol. The molecule has 0 aromatic carbocycles. The topological polar surface area (TPSA) is 9.23 Å². The molecule has 12 heavy (non-hydrogen) atoms. The summed E-state index contributed by atoms with van der Waals surface area (Å²) in [6.45, 7) is 7.76. The van der Waals surface area contributed by atoms with Gasteiger partial charge in [-0.1, -0.05) is 33.6 Å². The highest BCUT2D eigenvalue weighted by atomic mass is 16.5. The average Bonchev–Trinajstić information content (AvgIpc) is 2.36. The normalized spacial score (nSPS) is 20.2. The molecule has 0 unspecified atom stereocenters. The van der Waals surface area contributed by atoms with E-state index < -0.39 is 0 Å². The van der Waals surface area contributed by atoms with Gasteiger partial charge in [0.2, 0.25) is 0 Å². The molecular formula is C11H22O. The van der Waals surface area contributed by atoms with Gasteiger partial charge in [-0.05, 0) is 24.7 Å². The van der Waals surface area contributed by atoms with Crippen molar-refractivity contribution in [3.05, 3.63) is 0 Å². The lowest BCUT2D eigenvalue weighted by Crippen LogP contribution is -2.14. The van der Waals surface area contributed by atoms with Crippen LogP contribution in [0.1, 0.15) is 52.9 Å². The third-order valence-corrected chi connectivity index (χ3v) is 2.51. The minimum Gasteiger partial charge on any atom is -0.378 e. The summed E-state index contributed by atoms with van der Waals surface area (Å²) in [6, 6.07) is 0. The van der Waals surface area contributed by atoms with Crippen molar-refractivity contribution in [1.29, 1.82) is 0 Å². The lowest BCUT2D eigenvalue weighted by atomic mass is 9.93. The molecule has 0 atom stereocenters. The van der Waals surface area contributed by atoms with Gasteiger partial charge in [-0.15, -0.1) is 0 Å². The second-order valence-electron chi connectivity index (χ2n) is 5.09. The Morgan fingerprint density at radius 3 is 2.25 bits per heavy atom. The van der Waals surface area contributed by atoms with Crippen LogP contribution >= 0.6 is 0 Å². The highest BCUT2D eigenvalue weighted by Crippen LogP contribution is 2.23. The van der Waals surface area contributed by atoms with Crippen LogP contribution in [0.25, 0.3) is 0 Å². The standard InChI is InChI=1S/C11H22O/c1-11(2,3)8-9-12-10-6-4-5-7-10/h10H,4-9H2,1-3H3. The molecule has 0 aliphatic heterocycles. The SMILES string of the molecule is CC(C)(C)CCOC1CCCC1. The molecule has 0 amide bonds. The monoisotopic (exact) mass is 170 g/mol. The molecule has 0 bridgehead atoms. The zero-order valence-corrected chi connectivity index (χ0v) is 8.73. The van der Waals surface area contributed by atoms with Crippen molar-refractivity contribution in [3.63, 3.8) is 0 Å². The highest BCUT2D eigenvalue weighted by Gasteiger charge is 2.16. The molecule has 0 spiro atoms. The van der Waals surface area contributed by atoms with Gasteiger partial charge in [-0.25, -0.2) is 0 Å². The summed E-state index contributed by atoms with van der Waals surface area (Å²) in [5.41, 5.74) is 0.429. The molecule has 0 heterocycles. The Kier molecular flexibility index (Phi) is 3.57. The molecule has 1 saturated carbocycles. The Hall–Kier alpha value is -0.0400. The predicted molar refractivity (Wildman–Crippen MR) is 52.3 cm³/mol. The van der Waals surface area contributed by atoms with Crippen molar-refractivity contribution >= 4 is 0 Å². The van der Waals surface area contributed by atoms with E-state index in [2.05, 4.69) is 20.8 Å². The zero-order valence-electron chi connectivity index (χ0n) is 8.73. The molecule has 1 fully saturated rings. The first-order valence-electron chi connectivity index (χ1n) is 5.19. The lowest BCUT2D eigenvalue weighted by Gasteiger charge is -2.19. The van der Waals surface area contributed by atoms with E-state index in [1.165, 1.54) is 32.1 Å². The molecule has 1 heteroatoms. The van der Waals surface area contributed by atoms with Crippen LogP contribution in [0, 0.1) is 5.41 Å². The fourth-order valence-corrected chi connectivity index (χ4v) is 1.59. The van der Waals surface area contributed by atoms with E-state index in [4.69, 9.17) is 4.74 Å². The second-order valence-corrected chi connectivity index (χ2v) is 5.09. The second kappa shape index (κ2) is 4.27. The van der Waals surface area contributed by atoms with Crippen LogP contribution < -0.4 is 0 Å². The summed E-state index contributed by atoms with van der Waals surface area (Å²) in [6.07, 6.45) is 7.12. The number of ether oxygens (including phenoxy) is 1. The predicted octanol–water partition coefficient (Wildman–Crippen LogP) is 3.38. The number of hydrogen-bond donors (Lipinski definition) is 0. The van der Waals surface area contributed by atoms with Crippen molar-refractivity contribution in [2.24, 2.45) is 5.41 Å². The van der Waals surface area contributed by atoms with Crippen LogP contribution in [0.4, 0.5) is 0 Å². The molecule has 0 N–H and O–H groups in total. The summed E-state index contributed by atoms with van der Waals surface area (Å²) < 4.78 is 5.78. The van der Waals surface area contributed by atoms with Crippen molar-refractivity contribution < 1.29 is 4.74 Å². The molecule has 1 aliphatic rings. The fourth-order valence-electron chi connectivity index (χ4n) is 1.59. The van der Waals surface area contributed by atoms with E-state index in [0.717, 1.165) is 6.61 Å². The number of hydrogen-bond acceptors (Lipinski definition) is 1. The van der Waals surface area contributed by atoms with Gasteiger partial charge in [0, 0.05) is 6.61 Å². The van der Waals surface area contributed by atoms with Crippen molar-refractivity contribution in [2.75, 3.05) is 6.61 Å². The van der Waals surface area contributed by atoms with E-state index in [1.54, 1.807) is 0 Å². The molecular weight excluding hydrogens is 148 g/mol. The van der Waals surface area contributed by atoms with E-state index in [-0.39, 0.29) is 0 Å². The van der Waals surface area contributed by atoms with Crippen LogP contribution in [0.3, 0.4) is 0 Å². The first-order chi connectivity index (χ1) is 5.58. The van der Waals surface area contributed by atoms with E-state index in [9.17, 15) is 0 Å². The molecule has 0 aromatic heterocycles. The van der Waals surface area contributed by atoms with Crippen LogP contribution in [0.5, 0.6) is 0 Å². The summed E-state index contributed by atoms with van der Waals surface area (Å²) in [5, 5.41) is 0. The maximum absolute atomic E-state index is 5.78. The Balaban J connectivity index is 2.02. The van der Waals surface area contributed by atoms with Crippen LogP contribution in [-0.4, -0.2) is 12.7 Å². The zero-order chi connectivity index (χ0) is 9.03. The van der Waals surface area contributed by atoms with Crippen LogP contribution in [0.2, 0.25) is 0 Å². The molecule has 1 rings (SSSR count). The van der Waals surface area contributed by atoms with Crippen molar-refractivity contribution in [1.82, 2.24) is 0 Å².